The average Bonchev–Trinajstić information content (AvgIpc) is 2.54. The lowest BCUT2D eigenvalue weighted by molar-refractivity contribution is -0.123. The molecule has 0 heterocycles. The fraction of sp³-hybridized carbons (Fsp3) is 0.235. The van der Waals surface area contributed by atoms with E-state index in [2.05, 4.69) is 5.32 Å². The minimum atomic E-state index is -0.142. The van der Waals surface area contributed by atoms with Crippen molar-refractivity contribution in [2.45, 2.75) is 6.42 Å². The van der Waals surface area contributed by atoms with E-state index in [1.807, 2.05) is 42.5 Å². The molecule has 110 valence electrons. The topological polar surface area (TPSA) is 47.6 Å². The highest BCUT2D eigenvalue weighted by atomic mass is 16.5. The summed E-state index contributed by atoms with van der Waals surface area (Å²) in [5, 5.41) is 2.83. The van der Waals surface area contributed by atoms with Crippen LogP contribution in [-0.4, -0.2) is 26.2 Å². The minimum Gasteiger partial charge on any atom is -0.493 e. The third-order valence-electron chi connectivity index (χ3n) is 3.01. The van der Waals surface area contributed by atoms with Crippen LogP contribution in [0.5, 0.6) is 11.5 Å². The zero-order chi connectivity index (χ0) is 14.9. The lowest BCUT2D eigenvalue weighted by Crippen LogP contribution is -2.30. The van der Waals surface area contributed by atoms with Gasteiger partial charge < -0.3 is 14.8 Å². The van der Waals surface area contributed by atoms with Crippen LogP contribution in [0.15, 0.2) is 54.6 Å². The zero-order valence-electron chi connectivity index (χ0n) is 12.0. The monoisotopic (exact) mass is 285 g/mol. The van der Waals surface area contributed by atoms with E-state index in [0.717, 1.165) is 6.42 Å². The first kappa shape index (κ1) is 14.9. The minimum absolute atomic E-state index is 0.0187. The first-order chi connectivity index (χ1) is 10.3. The Hall–Kier alpha value is -2.49. The van der Waals surface area contributed by atoms with Crippen molar-refractivity contribution in [3.05, 3.63) is 60.2 Å². The van der Waals surface area contributed by atoms with Crippen LogP contribution in [0.25, 0.3) is 0 Å². The molecule has 4 nitrogen and oxygen atoms in total. The summed E-state index contributed by atoms with van der Waals surface area (Å²) >= 11 is 0. The number of carbonyl (C=O) groups excluding carboxylic acids is 1. The van der Waals surface area contributed by atoms with Gasteiger partial charge in [-0.15, -0.1) is 0 Å². The highest BCUT2D eigenvalue weighted by molar-refractivity contribution is 5.77. The van der Waals surface area contributed by atoms with E-state index in [9.17, 15) is 4.79 Å². The lowest BCUT2D eigenvalue weighted by Gasteiger charge is -2.10. The Labute approximate surface area is 124 Å². The summed E-state index contributed by atoms with van der Waals surface area (Å²) in [6, 6.07) is 17.3. The zero-order valence-corrected chi connectivity index (χ0v) is 12.0. The van der Waals surface area contributed by atoms with Gasteiger partial charge in [-0.3, -0.25) is 4.79 Å². The van der Waals surface area contributed by atoms with Gasteiger partial charge in [0.05, 0.1) is 7.11 Å². The van der Waals surface area contributed by atoms with Gasteiger partial charge in [0.2, 0.25) is 0 Å². The Bertz CT molecular complexity index is 569. The standard InChI is InChI=1S/C17H19NO3/c1-20-15-9-5-6-10-16(15)21-13-17(19)18-12-11-14-7-3-2-4-8-14/h2-10H,11-13H2,1H3,(H,18,19). The second kappa shape index (κ2) is 7.94. The van der Waals surface area contributed by atoms with E-state index >= 15 is 0 Å². The number of hydrogen-bond acceptors (Lipinski definition) is 3. The number of amides is 1. The lowest BCUT2D eigenvalue weighted by atomic mass is 10.1. The molecule has 0 aliphatic rings. The summed E-state index contributed by atoms with van der Waals surface area (Å²) in [6.45, 7) is 0.577. The summed E-state index contributed by atoms with van der Waals surface area (Å²) < 4.78 is 10.6. The van der Waals surface area contributed by atoms with Crippen LogP contribution in [0.2, 0.25) is 0 Å². The predicted octanol–water partition coefficient (Wildman–Crippen LogP) is 2.43. The van der Waals surface area contributed by atoms with Gasteiger partial charge in [-0.1, -0.05) is 42.5 Å². The SMILES string of the molecule is COc1ccccc1OCC(=O)NCCc1ccccc1. The highest BCUT2D eigenvalue weighted by Gasteiger charge is 2.06. The van der Waals surface area contributed by atoms with Gasteiger partial charge >= 0.3 is 0 Å². The van der Waals surface area contributed by atoms with Crippen molar-refractivity contribution >= 4 is 5.91 Å². The van der Waals surface area contributed by atoms with Gasteiger partial charge in [0.25, 0.3) is 5.91 Å². The van der Waals surface area contributed by atoms with Crippen LogP contribution in [0.4, 0.5) is 0 Å². The largest absolute Gasteiger partial charge is 0.493 e. The number of hydrogen-bond donors (Lipinski definition) is 1. The van der Waals surface area contributed by atoms with Gasteiger partial charge in [0.1, 0.15) is 0 Å². The van der Waals surface area contributed by atoms with Crippen molar-refractivity contribution in [2.75, 3.05) is 20.3 Å². The number of benzene rings is 2. The number of para-hydroxylation sites is 2. The fourth-order valence-corrected chi connectivity index (χ4v) is 1.92. The summed E-state index contributed by atoms with van der Waals surface area (Å²) in [7, 11) is 1.57. The molecule has 2 rings (SSSR count). The van der Waals surface area contributed by atoms with E-state index in [1.54, 1.807) is 19.2 Å². The molecule has 2 aromatic rings. The van der Waals surface area contributed by atoms with Gasteiger partial charge in [0, 0.05) is 6.54 Å². The quantitative estimate of drug-likeness (QED) is 0.850. The molecule has 4 heteroatoms. The molecule has 0 spiro atoms. The van der Waals surface area contributed by atoms with Crippen molar-refractivity contribution < 1.29 is 14.3 Å². The maximum atomic E-state index is 11.7. The summed E-state index contributed by atoms with van der Waals surface area (Å²) in [4.78, 5) is 11.7. The van der Waals surface area contributed by atoms with Crippen LogP contribution in [0.1, 0.15) is 5.56 Å². The Kier molecular flexibility index (Phi) is 5.64. The molecule has 0 unspecified atom stereocenters. The number of rotatable bonds is 7. The van der Waals surface area contributed by atoms with Gasteiger partial charge in [0.15, 0.2) is 18.1 Å². The number of nitrogens with one attached hydrogen (secondary N) is 1. The second-order valence-electron chi connectivity index (χ2n) is 4.53. The van der Waals surface area contributed by atoms with E-state index in [0.29, 0.717) is 18.0 Å². The number of carbonyl (C=O) groups is 1. The molecule has 0 aliphatic carbocycles. The van der Waals surface area contributed by atoms with E-state index in [1.165, 1.54) is 5.56 Å². The fourth-order valence-electron chi connectivity index (χ4n) is 1.92. The molecule has 0 radical (unpaired) electrons. The Balaban J connectivity index is 1.72. The van der Waals surface area contributed by atoms with Gasteiger partial charge in [-0.05, 0) is 24.1 Å². The summed E-state index contributed by atoms with van der Waals surface area (Å²) in [6.07, 6.45) is 0.807. The molecule has 21 heavy (non-hydrogen) atoms. The second-order valence-corrected chi connectivity index (χ2v) is 4.53. The van der Waals surface area contributed by atoms with Crippen molar-refractivity contribution in [3.8, 4) is 11.5 Å². The molecule has 0 bridgehead atoms. The van der Waals surface area contributed by atoms with E-state index in [4.69, 9.17) is 9.47 Å². The molecular weight excluding hydrogens is 266 g/mol. The first-order valence-electron chi connectivity index (χ1n) is 6.86. The maximum absolute atomic E-state index is 11.7. The normalized spacial score (nSPS) is 9.95. The third-order valence-corrected chi connectivity index (χ3v) is 3.01. The van der Waals surface area contributed by atoms with Crippen LogP contribution < -0.4 is 14.8 Å². The van der Waals surface area contributed by atoms with Crippen molar-refractivity contribution in [1.82, 2.24) is 5.32 Å². The molecule has 0 atom stereocenters. The van der Waals surface area contributed by atoms with Gasteiger partial charge in [-0.25, -0.2) is 0 Å². The smallest absolute Gasteiger partial charge is 0.257 e. The van der Waals surface area contributed by atoms with Crippen molar-refractivity contribution in [1.29, 1.82) is 0 Å². The Morgan fingerprint density at radius 2 is 1.67 bits per heavy atom. The molecule has 0 aliphatic heterocycles. The van der Waals surface area contributed by atoms with Gasteiger partial charge in [-0.2, -0.15) is 0 Å². The van der Waals surface area contributed by atoms with Crippen molar-refractivity contribution in [3.63, 3.8) is 0 Å². The van der Waals surface area contributed by atoms with Crippen molar-refractivity contribution in [2.24, 2.45) is 0 Å². The predicted molar refractivity (Wildman–Crippen MR) is 81.6 cm³/mol. The summed E-state index contributed by atoms with van der Waals surface area (Å²) in [5.74, 6) is 1.05. The van der Waals surface area contributed by atoms with Crippen LogP contribution in [-0.2, 0) is 11.2 Å². The molecule has 0 saturated heterocycles. The summed E-state index contributed by atoms with van der Waals surface area (Å²) in [5.41, 5.74) is 1.20. The number of methoxy groups -OCH3 is 1. The molecule has 0 saturated carbocycles. The molecule has 2 aromatic carbocycles. The average molecular weight is 285 g/mol. The molecule has 1 N–H and O–H groups in total. The van der Waals surface area contributed by atoms with Crippen LogP contribution >= 0.6 is 0 Å². The van der Waals surface area contributed by atoms with Crippen LogP contribution in [0, 0.1) is 0 Å². The molecule has 0 fully saturated rings. The highest BCUT2D eigenvalue weighted by Crippen LogP contribution is 2.25. The van der Waals surface area contributed by atoms with Crippen LogP contribution in [0.3, 0.4) is 0 Å². The Morgan fingerprint density at radius 3 is 2.38 bits per heavy atom. The van der Waals surface area contributed by atoms with E-state index in [-0.39, 0.29) is 12.5 Å². The number of ether oxygens (including phenoxy) is 2. The molecular formula is C17H19NO3. The molecule has 1 amide bonds. The first-order valence-corrected chi connectivity index (χ1v) is 6.86. The Morgan fingerprint density at radius 1 is 1.00 bits per heavy atom. The third kappa shape index (κ3) is 4.84. The van der Waals surface area contributed by atoms with E-state index < -0.39 is 0 Å². The molecule has 0 aromatic heterocycles. The maximum Gasteiger partial charge on any atom is 0.257 e.